The molecule has 5 rings (SSSR count). The molecule has 2 N–H and O–H groups in total. The van der Waals surface area contributed by atoms with Gasteiger partial charge >= 0.3 is 17.1 Å². The van der Waals surface area contributed by atoms with Gasteiger partial charge < -0.3 is 24.0 Å². The summed E-state index contributed by atoms with van der Waals surface area (Å²) in [6.07, 6.45) is 0.436. The Balaban J connectivity index is 0.000000201. The number of fused-ring (bicyclic) bond motifs is 2. The number of benzene rings is 1. The number of nitrogens with zero attached hydrogens (tertiary/aromatic N) is 4. The number of ketones is 1. The van der Waals surface area contributed by atoms with Gasteiger partial charge in [0.1, 0.15) is 11.5 Å². The van der Waals surface area contributed by atoms with Crippen LogP contribution in [0.1, 0.15) is 44.5 Å². The van der Waals surface area contributed by atoms with E-state index in [9.17, 15) is 29.4 Å². The number of aryl methyl sites for hydroxylation is 3. The van der Waals surface area contributed by atoms with Crippen molar-refractivity contribution in [1.29, 1.82) is 0 Å². The molecular weight excluding hydrogens is 571 g/mol. The normalized spacial score (nSPS) is 10.9. The van der Waals surface area contributed by atoms with E-state index in [4.69, 9.17) is 32.2 Å². The minimum atomic E-state index is -0.879. The molecule has 0 aliphatic heterocycles. The second-order valence-corrected chi connectivity index (χ2v) is 9.20. The zero-order valence-electron chi connectivity index (χ0n) is 21.1. The van der Waals surface area contributed by atoms with Crippen LogP contribution >= 0.6 is 23.2 Å². The van der Waals surface area contributed by atoms with Gasteiger partial charge in [0.05, 0.1) is 17.2 Å². The number of carbonyl (C=O) groups is 2. The largest absolute Gasteiger partial charge is 0.501 e. The molecule has 0 saturated carbocycles. The monoisotopic (exact) mass is 590 g/mol. The van der Waals surface area contributed by atoms with Crippen molar-refractivity contribution in [1.82, 2.24) is 19.1 Å². The van der Waals surface area contributed by atoms with Crippen LogP contribution in [0.4, 0.5) is 0 Å². The molecule has 0 aliphatic rings. The summed E-state index contributed by atoms with van der Waals surface area (Å²) in [6, 6.07) is 8.05. The second-order valence-electron chi connectivity index (χ2n) is 8.39. The van der Waals surface area contributed by atoms with Crippen molar-refractivity contribution in [3.63, 3.8) is 0 Å². The highest BCUT2D eigenvalue weighted by molar-refractivity contribution is 6.42. The van der Waals surface area contributed by atoms with E-state index in [1.54, 1.807) is 32.0 Å². The Labute approximate surface area is 233 Å². The predicted octanol–water partition coefficient (Wildman–Crippen LogP) is 3.51. The third-order valence-electron chi connectivity index (χ3n) is 5.49. The zero-order chi connectivity index (χ0) is 29.3. The molecule has 0 aliphatic carbocycles. The summed E-state index contributed by atoms with van der Waals surface area (Å²) in [5.74, 6) is -1.96. The molecule has 13 nitrogen and oxygen atoms in total. The lowest BCUT2D eigenvalue weighted by Crippen LogP contribution is -2.18. The van der Waals surface area contributed by atoms with Gasteiger partial charge in [-0.1, -0.05) is 29.3 Å². The van der Waals surface area contributed by atoms with Gasteiger partial charge in [-0.05, 0) is 38.0 Å². The van der Waals surface area contributed by atoms with E-state index >= 15 is 0 Å². The van der Waals surface area contributed by atoms with Crippen LogP contribution in [-0.4, -0.2) is 48.2 Å². The Morgan fingerprint density at radius 1 is 0.875 bits per heavy atom. The average Bonchev–Trinajstić information content (AvgIpc) is 3.50. The molecule has 0 bridgehead atoms. The molecule has 0 spiro atoms. The number of aromatic nitrogens is 4. The Morgan fingerprint density at radius 3 is 1.93 bits per heavy atom. The predicted molar refractivity (Wildman–Crippen MR) is 141 cm³/mol. The van der Waals surface area contributed by atoms with Gasteiger partial charge in [-0.25, -0.2) is 14.8 Å². The minimum Gasteiger partial charge on any atom is -0.501 e. The number of hydrogen-bond donors (Lipinski definition) is 2. The molecule has 0 amide bonds. The van der Waals surface area contributed by atoms with E-state index in [1.165, 1.54) is 12.1 Å². The Morgan fingerprint density at radius 2 is 1.40 bits per heavy atom. The van der Waals surface area contributed by atoms with Gasteiger partial charge in [0.25, 0.3) is 0 Å². The van der Waals surface area contributed by atoms with Crippen LogP contribution in [0.5, 0.6) is 11.5 Å². The number of Topliss-reactive ketones (excluding diaryl/α,β-unsaturated/α-hetero) is 1. The maximum Gasteiger partial charge on any atom is 0.360 e. The van der Waals surface area contributed by atoms with E-state index in [0.29, 0.717) is 28.0 Å². The summed E-state index contributed by atoms with van der Waals surface area (Å²) in [5, 5.41) is 20.2. The molecule has 1 aromatic carbocycles. The molecule has 208 valence electrons. The van der Waals surface area contributed by atoms with Crippen LogP contribution in [0.25, 0.3) is 11.3 Å². The van der Waals surface area contributed by atoms with Crippen LogP contribution in [0.3, 0.4) is 0 Å². The molecule has 40 heavy (non-hydrogen) atoms. The summed E-state index contributed by atoms with van der Waals surface area (Å²) in [5.41, 5.74) is -1.22. The molecule has 0 saturated heterocycles. The van der Waals surface area contributed by atoms with Gasteiger partial charge in [0, 0.05) is 18.6 Å². The summed E-state index contributed by atoms with van der Waals surface area (Å²) >= 11 is 11.8. The minimum absolute atomic E-state index is 0.0605. The molecule has 0 radical (unpaired) electrons. The first kappa shape index (κ1) is 28.4. The fourth-order valence-electron chi connectivity index (χ4n) is 3.60. The van der Waals surface area contributed by atoms with Crippen LogP contribution < -0.4 is 11.1 Å². The summed E-state index contributed by atoms with van der Waals surface area (Å²) < 4.78 is 16.1. The smallest absolute Gasteiger partial charge is 0.360 e. The van der Waals surface area contributed by atoms with Crippen molar-refractivity contribution < 1.29 is 33.6 Å². The Hall–Kier alpha value is -4.62. The van der Waals surface area contributed by atoms with Crippen LogP contribution in [0, 0.1) is 13.8 Å². The zero-order valence-corrected chi connectivity index (χ0v) is 22.6. The number of aromatic hydroxyl groups is 2. The van der Waals surface area contributed by atoms with E-state index in [1.807, 2.05) is 0 Å². The number of esters is 1. The molecular formula is C25H20Cl2N4O9. The number of methoxy groups -OCH3 is 1. The number of rotatable bonds is 5. The first-order valence-corrected chi connectivity index (χ1v) is 12.2. The number of halogens is 2. The van der Waals surface area contributed by atoms with E-state index in [-0.39, 0.29) is 23.4 Å². The highest BCUT2D eigenvalue weighted by Crippen LogP contribution is 2.24. The third-order valence-corrected chi connectivity index (χ3v) is 6.23. The summed E-state index contributed by atoms with van der Waals surface area (Å²) in [6.45, 7) is 3.25. The maximum atomic E-state index is 12.3. The molecule has 4 aromatic heterocycles. The lowest BCUT2D eigenvalue weighted by molar-refractivity contribution is 0.0589. The van der Waals surface area contributed by atoms with Gasteiger partial charge in [0.2, 0.25) is 11.5 Å². The van der Waals surface area contributed by atoms with Crippen molar-refractivity contribution in [3.8, 4) is 11.5 Å². The van der Waals surface area contributed by atoms with Crippen LogP contribution in [0.2, 0.25) is 10.0 Å². The molecule has 0 atom stereocenters. The van der Waals surface area contributed by atoms with E-state index in [0.717, 1.165) is 21.8 Å². The number of carbonyl (C=O) groups excluding carboxylic acids is 2. The fraction of sp³-hybridized carbons (Fsp3) is 0.200. The first-order valence-electron chi connectivity index (χ1n) is 11.4. The SMILES string of the molecule is COC(=O)c1nc2cc(C)on2c(=O)c1O.Cc1cc2nc(C(=O)CCc3ccc(Cl)c(Cl)c3)c(O)c(=O)n2o1. The van der Waals surface area contributed by atoms with E-state index < -0.39 is 40.1 Å². The Kier molecular flexibility index (Phi) is 7.98. The van der Waals surface area contributed by atoms with Crippen molar-refractivity contribution in [2.24, 2.45) is 0 Å². The van der Waals surface area contributed by atoms with Crippen LogP contribution in [0.15, 0.2) is 49.0 Å². The Bertz CT molecular complexity index is 1900. The van der Waals surface area contributed by atoms with Gasteiger partial charge in [0.15, 0.2) is 28.5 Å². The molecule has 0 fully saturated rings. The van der Waals surface area contributed by atoms with Gasteiger partial charge in [-0.3, -0.25) is 14.4 Å². The second kappa shape index (κ2) is 11.2. The summed E-state index contributed by atoms with van der Waals surface area (Å²) in [7, 11) is 1.13. The maximum absolute atomic E-state index is 12.3. The highest BCUT2D eigenvalue weighted by Gasteiger charge is 2.21. The van der Waals surface area contributed by atoms with Crippen molar-refractivity contribution >= 4 is 46.2 Å². The van der Waals surface area contributed by atoms with Gasteiger partial charge in [-0.15, -0.1) is 9.15 Å². The first-order chi connectivity index (χ1) is 18.9. The fourth-order valence-corrected chi connectivity index (χ4v) is 3.92. The lowest BCUT2D eigenvalue weighted by atomic mass is 10.1. The molecule has 15 heteroatoms. The molecule has 5 aromatic rings. The average molecular weight is 591 g/mol. The van der Waals surface area contributed by atoms with Crippen molar-refractivity contribution in [2.75, 3.05) is 7.11 Å². The van der Waals surface area contributed by atoms with Gasteiger partial charge in [-0.2, -0.15) is 0 Å². The van der Waals surface area contributed by atoms with Crippen LogP contribution in [-0.2, 0) is 11.2 Å². The van der Waals surface area contributed by atoms with Crippen molar-refractivity contribution in [2.45, 2.75) is 26.7 Å². The standard InChI is InChI=1S/C16H12Cl2N2O4.C9H8N2O5/c1-8-6-13-19-14(15(22)16(23)20(13)24-8)12(21)5-3-9-2-4-10(17)11(18)7-9;1-4-3-5-10-6(9(14)15-2)7(12)8(13)11(5)16-4/h2,4,6-7,22H,3,5H2,1H3;3,12H,1-2H3. The third kappa shape index (κ3) is 5.55. The number of hydrogen-bond acceptors (Lipinski definition) is 11. The van der Waals surface area contributed by atoms with Crippen molar-refractivity contribution in [3.05, 3.63) is 89.6 Å². The van der Waals surface area contributed by atoms with E-state index in [2.05, 4.69) is 14.7 Å². The molecule has 4 heterocycles. The topological polar surface area (TPSA) is 179 Å². The number of ether oxygens (including phenoxy) is 1. The summed E-state index contributed by atoms with van der Waals surface area (Å²) in [4.78, 5) is 54.9. The highest BCUT2D eigenvalue weighted by atomic mass is 35.5. The lowest BCUT2D eigenvalue weighted by Gasteiger charge is -2.04. The quantitative estimate of drug-likeness (QED) is 0.226. The molecule has 0 unspecified atom stereocenters.